The molecule has 40 heavy (non-hydrogen) atoms. The van der Waals surface area contributed by atoms with Gasteiger partial charge in [0.1, 0.15) is 10.8 Å². The fourth-order valence-electron chi connectivity index (χ4n) is 3.12. The van der Waals surface area contributed by atoms with Crippen molar-refractivity contribution in [3.05, 3.63) is 78.4 Å². The topological polar surface area (TPSA) is 149 Å². The van der Waals surface area contributed by atoms with Gasteiger partial charge < -0.3 is 14.8 Å². The molecule has 2 aromatic carbocycles. The van der Waals surface area contributed by atoms with Gasteiger partial charge in [0.05, 0.1) is 35.5 Å². The lowest BCUT2D eigenvalue weighted by molar-refractivity contribution is -0.133. The molecule has 3 N–H and O–H groups in total. The van der Waals surface area contributed by atoms with E-state index in [4.69, 9.17) is 9.47 Å². The first-order valence-electron chi connectivity index (χ1n) is 11.4. The van der Waals surface area contributed by atoms with Crippen LogP contribution in [0.25, 0.3) is 0 Å². The van der Waals surface area contributed by atoms with Crippen molar-refractivity contribution >= 4 is 55.8 Å². The molecule has 0 radical (unpaired) electrons. The molecule has 0 saturated carbocycles. The maximum absolute atomic E-state index is 14.0. The van der Waals surface area contributed by atoms with Gasteiger partial charge in [0.2, 0.25) is 10.0 Å². The highest BCUT2D eigenvalue weighted by molar-refractivity contribution is 8.01. The molecule has 2 amide bonds. The lowest BCUT2D eigenvalue weighted by Gasteiger charge is -2.14. The number of ether oxygens (including phenoxy) is 2. The molecule has 0 bridgehead atoms. The number of methoxy groups -OCH3 is 1. The molecule has 4 rings (SSSR count). The highest BCUT2D eigenvalue weighted by atomic mass is 32.2. The van der Waals surface area contributed by atoms with Gasteiger partial charge in [-0.15, -0.1) is 0 Å². The van der Waals surface area contributed by atoms with E-state index < -0.39 is 27.7 Å². The summed E-state index contributed by atoms with van der Waals surface area (Å²) in [7, 11) is -2.07. The number of hydrogen-bond acceptors (Lipinski definition) is 10. The summed E-state index contributed by atoms with van der Waals surface area (Å²) in [6.07, 6.45) is 2.62. The molecule has 208 valence electrons. The maximum atomic E-state index is 14.0. The van der Waals surface area contributed by atoms with Gasteiger partial charge in [-0.05, 0) is 36.4 Å². The number of rotatable bonds is 10. The number of nitrogens with one attached hydrogen (secondary N) is 3. The van der Waals surface area contributed by atoms with Gasteiger partial charge in [-0.1, -0.05) is 41.3 Å². The van der Waals surface area contributed by atoms with Crippen LogP contribution in [-0.4, -0.2) is 43.6 Å². The van der Waals surface area contributed by atoms with Crippen LogP contribution in [0.4, 0.5) is 15.2 Å². The van der Waals surface area contributed by atoms with Gasteiger partial charge >= 0.3 is 11.8 Å². The molecule has 4 aromatic rings. The predicted molar refractivity (Wildman–Crippen MR) is 149 cm³/mol. The van der Waals surface area contributed by atoms with E-state index in [1.807, 2.05) is 0 Å². The first kappa shape index (κ1) is 28.9. The molecule has 0 spiro atoms. The fraction of sp³-hybridized carbons (Fsp3) is 0.120. The number of carbonyl (C=O) groups is 2. The van der Waals surface area contributed by atoms with Gasteiger partial charge in [0, 0.05) is 12.3 Å². The average molecular weight is 604 g/mol. The summed E-state index contributed by atoms with van der Waals surface area (Å²) >= 11 is 2.27. The predicted octanol–water partition coefficient (Wildman–Crippen LogP) is 4.26. The molecule has 0 fully saturated rings. The number of benzene rings is 2. The van der Waals surface area contributed by atoms with E-state index in [1.54, 1.807) is 48.7 Å². The minimum atomic E-state index is -3.52. The number of amides is 2. The van der Waals surface area contributed by atoms with Gasteiger partial charge in [0.25, 0.3) is 0 Å². The number of sulfonamides is 1. The summed E-state index contributed by atoms with van der Waals surface area (Å²) in [6, 6.07) is 15.4. The Morgan fingerprint density at radius 1 is 1.00 bits per heavy atom. The van der Waals surface area contributed by atoms with E-state index in [1.165, 1.54) is 24.9 Å². The van der Waals surface area contributed by atoms with Crippen molar-refractivity contribution in [3.8, 4) is 17.2 Å². The zero-order chi connectivity index (χ0) is 28.7. The minimum absolute atomic E-state index is 0.0380. The van der Waals surface area contributed by atoms with Gasteiger partial charge in [-0.25, -0.2) is 27.5 Å². The van der Waals surface area contributed by atoms with Crippen LogP contribution in [0.5, 0.6) is 17.2 Å². The monoisotopic (exact) mass is 603 g/mol. The van der Waals surface area contributed by atoms with Crippen molar-refractivity contribution in [2.24, 2.45) is 0 Å². The maximum Gasteiger partial charge on any atom is 0.315 e. The van der Waals surface area contributed by atoms with Crippen LogP contribution in [0.3, 0.4) is 0 Å². The Morgan fingerprint density at radius 2 is 1.73 bits per heavy atom. The zero-order valence-corrected chi connectivity index (χ0v) is 23.5. The summed E-state index contributed by atoms with van der Waals surface area (Å²) in [4.78, 5) is 34.0. The fourth-order valence-corrected chi connectivity index (χ4v) is 5.58. The number of carbonyl (C=O) groups excluding carboxylic acids is 2. The molecule has 2 heterocycles. The largest absolute Gasteiger partial charge is 0.493 e. The Labute approximate surface area is 237 Å². The Kier molecular flexibility index (Phi) is 9.31. The summed E-state index contributed by atoms with van der Waals surface area (Å²) in [5, 5.41) is 5.51. The Bertz CT molecular complexity index is 1630. The third-order valence-electron chi connectivity index (χ3n) is 4.91. The Balaban J connectivity index is 1.50. The van der Waals surface area contributed by atoms with Crippen LogP contribution in [0.15, 0.2) is 76.1 Å². The molecular formula is C25H22FN5O6S3. The Hall–Kier alpha value is -4.05. The number of pyridine rings is 1. The van der Waals surface area contributed by atoms with Crippen molar-refractivity contribution in [1.29, 1.82) is 0 Å². The lowest BCUT2D eigenvalue weighted by Crippen LogP contribution is -2.29. The van der Waals surface area contributed by atoms with Crippen LogP contribution in [0.1, 0.15) is 5.69 Å². The number of anilines is 2. The van der Waals surface area contributed by atoms with Crippen molar-refractivity contribution in [2.45, 2.75) is 15.8 Å². The zero-order valence-electron chi connectivity index (χ0n) is 21.0. The highest BCUT2D eigenvalue weighted by Crippen LogP contribution is 2.37. The summed E-state index contributed by atoms with van der Waals surface area (Å²) in [5.74, 6) is -2.15. The van der Waals surface area contributed by atoms with E-state index >= 15 is 0 Å². The SMILES string of the molecule is COc1ccccc1Oc1cc(F)ccc1NC(=O)C(=O)Nc1nc(CNS(C)(=O)=O)c(Sc2ccccn2)s1. The first-order valence-corrected chi connectivity index (χ1v) is 14.9. The van der Waals surface area contributed by atoms with Crippen molar-refractivity contribution in [3.63, 3.8) is 0 Å². The van der Waals surface area contributed by atoms with Gasteiger partial charge in [0.15, 0.2) is 22.4 Å². The van der Waals surface area contributed by atoms with Gasteiger partial charge in [-0.3, -0.25) is 14.9 Å². The third kappa shape index (κ3) is 7.98. The van der Waals surface area contributed by atoms with E-state index in [0.717, 1.165) is 29.7 Å². The number of para-hydroxylation sites is 2. The molecular weight excluding hydrogens is 582 g/mol. The van der Waals surface area contributed by atoms with Crippen LogP contribution < -0.4 is 24.8 Å². The quantitative estimate of drug-likeness (QED) is 0.226. The molecule has 0 aliphatic carbocycles. The van der Waals surface area contributed by atoms with Crippen LogP contribution in [-0.2, 0) is 26.2 Å². The van der Waals surface area contributed by atoms with Gasteiger partial charge in [-0.2, -0.15) is 0 Å². The van der Waals surface area contributed by atoms with E-state index in [-0.39, 0.29) is 28.9 Å². The molecule has 15 heteroatoms. The number of hydrogen-bond donors (Lipinski definition) is 3. The molecule has 0 aliphatic rings. The average Bonchev–Trinajstić information content (AvgIpc) is 3.30. The molecule has 0 atom stereocenters. The van der Waals surface area contributed by atoms with E-state index in [0.29, 0.717) is 20.7 Å². The van der Waals surface area contributed by atoms with Crippen LogP contribution >= 0.6 is 23.1 Å². The summed E-state index contributed by atoms with van der Waals surface area (Å²) in [6.45, 7) is -0.133. The second-order valence-electron chi connectivity index (χ2n) is 7.92. The molecule has 0 aliphatic heterocycles. The smallest absolute Gasteiger partial charge is 0.315 e. The molecule has 0 unspecified atom stereocenters. The van der Waals surface area contributed by atoms with E-state index in [9.17, 15) is 22.4 Å². The number of thiazole rings is 1. The number of nitrogens with zero attached hydrogens (tertiary/aromatic N) is 2. The normalized spacial score (nSPS) is 11.1. The Morgan fingerprint density at radius 3 is 2.42 bits per heavy atom. The van der Waals surface area contributed by atoms with Crippen molar-refractivity contribution in [2.75, 3.05) is 24.0 Å². The van der Waals surface area contributed by atoms with Crippen LogP contribution in [0, 0.1) is 5.82 Å². The standard InChI is InChI=1S/C25H22FN5O6S3/c1-36-18-7-3-4-8-19(18)37-20-13-15(26)10-11-16(20)29-22(32)23(33)31-25-30-17(14-28-40(2,34)35)24(39-25)38-21-9-5-6-12-27-21/h3-13,28H,14H2,1-2H3,(H,29,32)(H,30,31,33). The first-order chi connectivity index (χ1) is 19.1. The summed E-state index contributed by atoms with van der Waals surface area (Å²) < 4.78 is 51.1. The molecule has 11 nitrogen and oxygen atoms in total. The third-order valence-corrected chi connectivity index (χ3v) is 7.75. The number of aromatic nitrogens is 2. The van der Waals surface area contributed by atoms with Crippen molar-refractivity contribution in [1.82, 2.24) is 14.7 Å². The molecule has 0 saturated heterocycles. The van der Waals surface area contributed by atoms with Crippen molar-refractivity contribution < 1.29 is 31.9 Å². The van der Waals surface area contributed by atoms with Crippen LogP contribution in [0.2, 0.25) is 0 Å². The second-order valence-corrected chi connectivity index (χ2v) is 12.0. The summed E-state index contributed by atoms with van der Waals surface area (Å²) in [5.41, 5.74) is 0.379. The second kappa shape index (κ2) is 12.9. The minimum Gasteiger partial charge on any atom is -0.493 e. The highest BCUT2D eigenvalue weighted by Gasteiger charge is 2.21. The van der Waals surface area contributed by atoms with E-state index in [2.05, 4.69) is 25.3 Å². The molecule has 2 aromatic heterocycles. The lowest BCUT2D eigenvalue weighted by atomic mass is 10.2. The number of halogens is 1.